The number of anilines is 1. The number of thioether (sulfide) groups is 1. The zero-order chi connectivity index (χ0) is 19.7. The van der Waals surface area contributed by atoms with Gasteiger partial charge in [0.1, 0.15) is 5.82 Å². The van der Waals surface area contributed by atoms with E-state index in [0.29, 0.717) is 18.9 Å². The largest absolute Gasteiger partial charge is 0.332 e. The van der Waals surface area contributed by atoms with Crippen molar-refractivity contribution in [1.82, 2.24) is 14.7 Å². The molecular weight excluding hydrogens is 374 g/mol. The Morgan fingerprint density at radius 3 is 2.57 bits per heavy atom. The van der Waals surface area contributed by atoms with Gasteiger partial charge in [-0.05, 0) is 26.0 Å². The maximum Gasteiger partial charge on any atom is 0.315 e. The Balaban J connectivity index is 1.55. The average Bonchev–Trinajstić information content (AvgIpc) is 3.31. The summed E-state index contributed by atoms with van der Waals surface area (Å²) >= 11 is 1.77. The molecule has 4 rings (SSSR count). The van der Waals surface area contributed by atoms with Gasteiger partial charge in [-0.15, -0.1) is 0 Å². The van der Waals surface area contributed by atoms with Crippen molar-refractivity contribution >= 4 is 29.4 Å². The highest BCUT2D eigenvalue weighted by molar-refractivity contribution is 7.98. The summed E-state index contributed by atoms with van der Waals surface area (Å²) in [6, 6.07) is 8.00. The van der Waals surface area contributed by atoms with Gasteiger partial charge >= 0.3 is 11.8 Å². The molecule has 148 valence electrons. The fraction of sp³-hybridized carbons (Fsp3) is 0.450. The predicted molar refractivity (Wildman–Crippen MR) is 110 cm³/mol. The van der Waals surface area contributed by atoms with Crippen molar-refractivity contribution in [2.75, 3.05) is 38.0 Å². The number of nitrogens with zero attached hydrogens (tertiary/aromatic N) is 3. The number of aryl methyl sites for hydroxylation is 1. The van der Waals surface area contributed by atoms with E-state index in [9.17, 15) is 9.59 Å². The number of carbonyl (C=O) groups is 2. The smallest absolute Gasteiger partial charge is 0.315 e. The fourth-order valence-electron chi connectivity index (χ4n) is 3.70. The minimum absolute atomic E-state index is 0.453. The van der Waals surface area contributed by atoms with Gasteiger partial charge in [0.25, 0.3) is 0 Å². The lowest BCUT2D eigenvalue weighted by molar-refractivity contribution is -0.902. The standard InChI is InChI=1S/C20H25N5O2S/c1-3-23-8-10-24(11-9-23)20(27)19(26)21-18-16-12-28-13-17(16)22-25(18)15-6-4-14(2)5-7-15/h4-7H,3,8-13H2,1-2H3,(H,21,26)/p+1. The van der Waals surface area contributed by atoms with Crippen molar-refractivity contribution in [3.05, 3.63) is 41.1 Å². The summed E-state index contributed by atoms with van der Waals surface area (Å²) < 4.78 is 1.76. The molecule has 0 bridgehead atoms. The zero-order valence-electron chi connectivity index (χ0n) is 16.3. The molecule has 0 atom stereocenters. The number of carbonyl (C=O) groups excluding carboxylic acids is 2. The number of hydrogen-bond donors (Lipinski definition) is 2. The molecule has 7 nitrogen and oxygen atoms in total. The lowest BCUT2D eigenvalue weighted by Gasteiger charge is -2.31. The molecule has 1 fully saturated rings. The normalized spacial score (nSPS) is 16.9. The average molecular weight is 401 g/mol. The number of hydrogen-bond acceptors (Lipinski definition) is 4. The first-order valence-electron chi connectivity index (χ1n) is 9.76. The summed E-state index contributed by atoms with van der Waals surface area (Å²) in [5.74, 6) is 1.22. The third kappa shape index (κ3) is 3.66. The second-order valence-corrected chi connectivity index (χ2v) is 8.35. The van der Waals surface area contributed by atoms with Crippen molar-refractivity contribution in [2.24, 2.45) is 0 Å². The molecule has 2 aliphatic rings. The number of nitrogens with one attached hydrogen (secondary N) is 2. The van der Waals surface area contributed by atoms with Crippen LogP contribution in [0.15, 0.2) is 24.3 Å². The molecule has 2 aromatic rings. The van der Waals surface area contributed by atoms with Crippen molar-refractivity contribution in [3.8, 4) is 5.69 Å². The molecule has 1 aromatic heterocycles. The Bertz CT molecular complexity index is 885. The molecule has 1 saturated heterocycles. The zero-order valence-corrected chi connectivity index (χ0v) is 17.1. The van der Waals surface area contributed by atoms with E-state index in [2.05, 4.69) is 17.3 Å². The van der Waals surface area contributed by atoms with Gasteiger partial charge in [0.2, 0.25) is 0 Å². The molecule has 2 N–H and O–H groups in total. The van der Waals surface area contributed by atoms with Crippen LogP contribution in [0.3, 0.4) is 0 Å². The number of likely N-dealkylation sites (N-methyl/N-ethyl adjacent to an activating group) is 1. The van der Waals surface area contributed by atoms with Crippen LogP contribution in [0.1, 0.15) is 23.7 Å². The number of aromatic nitrogens is 2. The van der Waals surface area contributed by atoms with Gasteiger partial charge in [-0.2, -0.15) is 16.9 Å². The lowest BCUT2D eigenvalue weighted by Crippen LogP contribution is -3.14. The summed E-state index contributed by atoms with van der Waals surface area (Å²) in [4.78, 5) is 28.6. The fourth-order valence-corrected chi connectivity index (χ4v) is 4.73. The highest BCUT2D eigenvalue weighted by Gasteiger charge is 2.30. The van der Waals surface area contributed by atoms with Gasteiger partial charge in [-0.3, -0.25) is 9.59 Å². The topological polar surface area (TPSA) is 71.7 Å². The van der Waals surface area contributed by atoms with Crippen molar-refractivity contribution in [2.45, 2.75) is 25.4 Å². The van der Waals surface area contributed by atoms with Gasteiger partial charge in [0, 0.05) is 17.1 Å². The van der Waals surface area contributed by atoms with Crippen molar-refractivity contribution in [1.29, 1.82) is 0 Å². The first-order chi connectivity index (χ1) is 13.6. The van der Waals surface area contributed by atoms with Crippen LogP contribution >= 0.6 is 11.8 Å². The minimum atomic E-state index is -0.576. The highest BCUT2D eigenvalue weighted by Crippen LogP contribution is 2.36. The summed E-state index contributed by atoms with van der Waals surface area (Å²) in [5, 5.41) is 7.57. The SMILES string of the molecule is CC[NH+]1CCN(C(=O)C(=O)Nc2c3c(nn2-c2ccc(C)cc2)CSC3)CC1. The quantitative estimate of drug-likeness (QED) is 0.741. The van der Waals surface area contributed by atoms with Crippen LogP contribution in [0.25, 0.3) is 5.69 Å². The van der Waals surface area contributed by atoms with Crippen LogP contribution in [0.5, 0.6) is 0 Å². The Morgan fingerprint density at radius 1 is 1.18 bits per heavy atom. The van der Waals surface area contributed by atoms with Gasteiger partial charge < -0.3 is 15.1 Å². The van der Waals surface area contributed by atoms with E-state index in [4.69, 9.17) is 0 Å². The number of piperazine rings is 1. The van der Waals surface area contributed by atoms with E-state index < -0.39 is 11.8 Å². The number of amides is 2. The second-order valence-electron chi connectivity index (χ2n) is 7.36. The van der Waals surface area contributed by atoms with Crippen LogP contribution in [0.4, 0.5) is 5.82 Å². The maximum atomic E-state index is 12.7. The van der Waals surface area contributed by atoms with E-state index in [0.717, 1.165) is 53.6 Å². The van der Waals surface area contributed by atoms with Gasteiger partial charge in [0.05, 0.1) is 44.1 Å². The minimum Gasteiger partial charge on any atom is -0.332 e. The molecule has 2 amide bonds. The summed E-state index contributed by atoms with van der Waals surface area (Å²) in [6.45, 7) is 8.26. The van der Waals surface area contributed by atoms with E-state index in [1.54, 1.807) is 21.3 Å². The first-order valence-corrected chi connectivity index (χ1v) is 10.9. The number of fused-ring (bicyclic) bond motifs is 1. The Hall–Kier alpha value is -2.32. The maximum absolute atomic E-state index is 12.7. The Kier molecular flexibility index (Phi) is 5.41. The number of benzene rings is 1. The van der Waals surface area contributed by atoms with Crippen molar-refractivity contribution < 1.29 is 14.5 Å². The Morgan fingerprint density at radius 2 is 1.89 bits per heavy atom. The van der Waals surface area contributed by atoms with E-state index in [-0.39, 0.29) is 0 Å². The summed E-state index contributed by atoms with van der Waals surface area (Å²) in [6.07, 6.45) is 0. The first kappa shape index (κ1) is 19.0. The molecular formula is C20H26N5O2S+. The third-order valence-corrected chi connectivity index (χ3v) is 6.48. The third-order valence-electron chi connectivity index (χ3n) is 5.51. The molecule has 2 aliphatic heterocycles. The summed E-state index contributed by atoms with van der Waals surface area (Å²) in [5.41, 5.74) is 4.04. The van der Waals surface area contributed by atoms with Crippen LogP contribution in [-0.2, 0) is 21.1 Å². The lowest BCUT2D eigenvalue weighted by atomic mass is 10.2. The van der Waals surface area contributed by atoms with Crippen LogP contribution < -0.4 is 10.2 Å². The molecule has 28 heavy (non-hydrogen) atoms. The van der Waals surface area contributed by atoms with E-state index >= 15 is 0 Å². The molecule has 8 heteroatoms. The number of quaternary nitrogens is 1. The molecule has 0 aliphatic carbocycles. The molecule has 0 unspecified atom stereocenters. The van der Waals surface area contributed by atoms with E-state index in [1.165, 1.54) is 4.90 Å². The van der Waals surface area contributed by atoms with Crippen LogP contribution in [-0.4, -0.2) is 59.2 Å². The Labute approximate surface area is 169 Å². The van der Waals surface area contributed by atoms with Gasteiger partial charge in [0.15, 0.2) is 0 Å². The molecule has 1 aromatic carbocycles. The van der Waals surface area contributed by atoms with Crippen LogP contribution in [0, 0.1) is 6.92 Å². The molecule has 3 heterocycles. The van der Waals surface area contributed by atoms with E-state index in [1.807, 2.05) is 31.2 Å². The monoisotopic (exact) mass is 400 g/mol. The van der Waals surface area contributed by atoms with Crippen LogP contribution in [0.2, 0.25) is 0 Å². The summed E-state index contributed by atoms with van der Waals surface area (Å²) in [7, 11) is 0. The van der Waals surface area contributed by atoms with Gasteiger partial charge in [-0.1, -0.05) is 17.7 Å². The molecule has 0 spiro atoms. The van der Waals surface area contributed by atoms with Gasteiger partial charge in [-0.25, -0.2) is 4.68 Å². The van der Waals surface area contributed by atoms with Crippen molar-refractivity contribution in [3.63, 3.8) is 0 Å². The predicted octanol–water partition coefficient (Wildman–Crippen LogP) is 0.613. The molecule has 0 saturated carbocycles. The second kappa shape index (κ2) is 7.97. The molecule has 0 radical (unpaired) electrons. The number of rotatable bonds is 3. The highest BCUT2D eigenvalue weighted by atomic mass is 32.2.